The maximum atomic E-state index is 12.5. The van der Waals surface area contributed by atoms with Gasteiger partial charge >= 0.3 is 0 Å². The molecular formula is C18H19ClN2O3S. The smallest absolute Gasteiger partial charge is 0.251 e. The first-order chi connectivity index (χ1) is 11.8. The number of amides is 1. The minimum Gasteiger partial charge on any atom is -0.346 e. The molecule has 0 heterocycles. The third kappa shape index (κ3) is 4.60. The van der Waals surface area contributed by atoms with Crippen LogP contribution in [0.5, 0.6) is 0 Å². The fourth-order valence-electron chi connectivity index (χ4n) is 2.41. The molecule has 1 fully saturated rings. The number of sulfonamides is 1. The van der Waals surface area contributed by atoms with Crippen molar-refractivity contribution in [3.05, 3.63) is 64.7 Å². The third-order valence-electron chi connectivity index (χ3n) is 4.02. The normalized spacial score (nSPS) is 15.6. The summed E-state index contributed by atoms with van der Waals surface area (Å²) in [4.78, 5) is 12.6. The lowest BCUT2D eigenvalue weighted by Gasteiger charge is -2.15. The van der Waals surface area contributed by atoms with Crippen LogP contribution >= 0.6 is 11.6 Å². The quantitative estimate of drug-likeness (QED) is 0.810. The van der Waals surface area contributed by atoms with Crippen LogP contribution in [-0.4, -0.2) is 20.4 Å². The van der Waals surface area contributed by atoms with Crippen LogP contribution in [0.15, 0.2) is 53.4 Å². The molecule has 0 unspecified atom stereocenters. The van der Waals surface area contributed by atoms with Gasteiger partial charge in [0.05, 0.1) is 10.9 Å². The van der Waals surface area contributed by atoms with Crippen LogP contribution in [0.2, 0.25) is 5.02 Å². The summed E-state index contributed by atoms with van der Waals surface area (Å²) < 4.78 is 27.2. The second-order valence-electron chi connectivity index (χ2n) is 6.17. The molecule has 0 bridgehead atoms. The van der Waals surface area contributed by atoms with Crippen molar-refractivity contribution in [1.82, 2.24) is 10.0 Å². The highest BCUT2D eigenvalue weighted by molar-refractivity contribution is 7.89. The first kappa shape index (κ1) is 17.9. The lowest BCUT2D eigenvalue weighted by molar-refractivity contribution is 0.0939. The van der Waals surface area contributed by atoms with E-state index in [1.807, 2.05) is 19.1 Å². The number of halogens is 1. The molecule has 2 aromatic carbocycles. The van der Waals surface area contributed by atoms with Gasteiger partial charge in [0.1, 0.15) is 0 Å². The van der Waals surface area contributed by atoms with Crippen LogP contribution in [0.1, 0.15) is 41.7 Å². The summed E-state index contributed by atoms with van der Waals surface area (Å²) in [5, 5.41) is 3.49. The molecule has 2 aromatic rings. The Hall–Kier alpha value is -1.89. The summed E-state index contributed by atoms with van der Waals surface area (Å²) in [5.41, 5.74) is 1.22. The highest BCUT2D eigenvalue weighted by Crippen LogP contribution is 2.23. The van der Waals surface area contributed by atoms with Crippen LogP contribution in [0.3, 0.4) is 0 Å². The lowest BCUT2D eigenvalue weighted by Crippen LogP contribution is -2.28. The number of nitrogens with one attached hydrogen (secondary N) is 2. The van der Waals surface area contributed by atoms with Crippen molar-refractivity contribution in [2.24, 2.45) is 0 Å². The second kappa shape index (κ2) is 7.15. The minimum atomic E-state index is -3.58. The summed E-state index contributed by atoms with van der Waals surface area (Å²) in [6.07, 6.45) is 1.72. The molecule has 0 spiro atoms. The molecule has 0 aromatic heterocycles. The van der Waals surface area contributed by atoms with E-state index in [1.165, 1.54) is 12.1 Å². The van der Waals surface area contributed by atoms with Gasteiger partial charge in [0.2, 0.25) is 10.0 Å². The number of benzene rings is 2. The van der Waals surface area contributed by atoms with E-state index in [9.17, 15) is 13.2 Å². The Labute approximate surface area is 152 Å². The number of carbonyl (C=O) groups excluding carboxylic acids is 1. The van der Waals surface area contributed by atoms with Gasteiger partial charge in [0.15, 0.2) is 0 Å². The van der Waals surface area contributed by atoms with Crippen molar-refractivity contribution >= 4 is 27.5 Å². The number of rotatable bonds is 6. The summed E-state index contributed by atoms with van der Waals surface area (Å²) in [6, 6.07) is 13.1. The highest BCUT2D eigenvalue weighted by Gasteiger charge is 2.28. The van der Waals surface area contributed by atoms with Crippen LogP contribution < -0.4 is 10.0 Å². The predicted octanol–water partition coefficient (Wildman–Crippen LogP) is 3.27. The molecular weight excluding hydrogens is 360 g/mol. The standard InChI is InChI=1S/C18H19ClN2O3S/c1-12(13-5-7-15(19)8-6-13)20-18(22)14-3-2-4-17(11-14)25(23,24)21-16-9-10-16/h2-8,11-12,16,21H,9-10H2,1H3,(H,20,22)/t12-/m0/s1. The molecule has 1 aliphatic rings. The Morgan fingerprint density at radius 2 is 1.84 bits per heavy atom. The minimum absolute atomic E-state index is 0.0207. The zero-order valence-corrected chi connectivity index (χ0v) is 15.3. The van der Waals surface area contributed by atoms with E-state index in [4.69, 9.17) is 11.6 Å². The van der Waals surface area contributed by atoms with Crippen LogP contribution in [-0.2, 0) is 10.0 Å². The van der Waals surface area contributed by atoms with Gasteiger partial charge in [-0.15, -0.1) is 0 Å². The van der Waals surface area contributed by atoms with Crippen molar-refractivity contribution in [3.63, 3.8) is 0 Å². The van der Waals surface area contributed by atoms with Crippen molar-refractivity contribution in [3.8, 4) is 0 Å². The van der Waals surface area contributed by atoms with Crippen LogP contribution in [0, 0.1) is 0 Å². The Kier molecular flexibility index (Phi) is 5.13. The van der Waals surface area contributed by atoms with Gasteiger partial charge in [-0.2, -0.15) is 0 Å². The van der Waals surface area contributed by atoms with E-state index >= 15 is 0 Å². The van der Waals surface area contributed by atoms with Crippen LogP contribution in [0.25, 0.3) is 0 Å². The van der Waals surface area contributed by atoms with Gasteiger partial charge < -0.3 is 5.32 Å². The van der Waals surface area contributed by atoms with E-state index < -0.39 is 10.0 Å². The molecule has 0 saturated heterocycles. The fraction of sp³-hybridized carbons (Fsp3) is 0.278. The van der Waals surface area contributed by atoms with Crippen LogP contribution in [0.4, 0.5) is 0 Å². The average molecular weight is 379 g/mol. The Morgan fingerprint density at radius 3 is 2.48 bits per heavy atom. The number of hydrogen-bond donors (Lipinski definition) is 2. The molecule has 1 amide bonds. The average Bonchev–Trinajstić information content (AvgIpc) is 3.39. The van der Waals surface area contributed by atoms with Gasteiger partial charge in [0.25, 0.3) is 5.91 Å². The maximum absolute atomic E-state index is 12.5. The molecule has 1 atom stereocenters. The topological polar surface area (TPSA) is 75.3 Å². The van der Waals surface area contributed by atoms with E-state index in [2.05, 4.69) is 10.0 Å². The lowest BCUT2D eigenvalue weighted by atomic mass is 10.1. The molecule has 1 saturated carbocycles. The molecule has 2 N–H and O–H groups in total. The van der Waals surface area contributed by atoms with Gasteiger partial charge in [-0.1, -0.05) is 29.8 Å². The van der Waals surface area contributed by atoms with E-state index in [1.54, 1.807) is 24.3 Å². The summed E-state index contributed by atoms with van der Waals surface area (Å²) in [5.74, 6) is -0.328. The zero-order chi connectivity index (χ0) is 18.0. The monoisotopic (exact) mass is 378 g/mol. The van der Waals surface area contributed by atoms with Gasteiger partial charge in [-0.3, -0.25) is 4.79 Å². The van der Waals surface area contributed by atoms with Gasteiger partial charge in [-0.25, -0.2) is 13.1 Å². The molecule has 0 radical (unpaired) electrons. The fourth-order valence-corrected chi connectivity index (χ4v) is 3.88. The Morgan fingerprint density at radius 1 is 1.16 bits per heavy atom. The maximum Gasteiger partial charge on any atom is 0.251 e. The Balaban J connectivity index is 1.73. The highest BCUT2D eigenvalue weighted by atomic mass is 35.5. The summed E-state index contributed by atoms with van der Waals surface area (Å²) in [6.45, 7) is 1.86. The van der Waals surface area contributed by atoms with Gasteiger partial charge in [0, 0.05) is 16.6 Å². The first-order valence-electron chi connectivity index (χ1n) is 8.04. The van der Waals surface area contributed by atoms with E-state index in [0.717, 1.165) is 18.4 Å². The largest absolute Gasteiger partial charge is 0.346 e. The molecule has 7 heteroatoms. The summed E-state index contributed by atoms with van der Waals surface area (Å²) in [7, 11) is -3.58. The van der Waals surface area contributed by atoms with Crippen molar-refractivity contribution in [2.75, 3.05) is 0 Å². The molecule has 0 aliphatic heterocycles. The number of hydrogen-bond acceptors (Lipinski definition) is 3. The molecule has 1 aliphatic carbocycles. The SMILES string of the molecule is C[C@H](NC(=O)c1cccc(S(=O)(=O)NC2CC2)c1)c1ccc(Cl)cc1. The zero-order valence-electron chi connectivity index (χ0n) is 13.7. The second-order valence-corrected chi connectivity index (χ2v) is 8.32. The first-order valence-corrected chi connectivity index (χ1v) is 9.90. The molecule has 132 valence electrons. The predicted molar refractivity (Wildman–Crippen MR) is 97.1 cm³/mol. The molecule has 3 rings (SSSR count). The van der Waals surface area contributed by atoms with E-state index in [0.29, 0.717) is 10.6 Å². The number of carbonyl (C=O) groups is 1. The van der Waals surface area contributed by atoms with Crippen molar-refractivity contribution in [1.29, 1.82) is 0 Å². The molecule has 25 heavy (non-hydrogen) atoms. The van der Waals surface area contributed by atoms with E-state index in [-0.39, 0.29) is 22.9 Å². The summed E-state index contributed by atoms with van der Waals surface area (Å²) >= 11 is 5.87. The Bertz CT molecular complexity index is 877. The van der Waals surface area contributed by atoms with Gasteiger partial charge in [-0.05, 0) is 55.7 Å². The third-order valence-corrected chi connectivity index (χ3v) is 5.79. The van der Waals surface area contributed by atoms with Crippen molar-refractivity contribution < 1.29 is 13.2 Å². The molecule has 5 nitrogen and oxygen atoms in total. The van der Waals surface area contributed by atoms with Crippen molar-refractivity contribution in [2.45, 2.75) is 36.7 Å².